The molecule has 4 heteroatoms. The van der Waals surface area contributed by atoms with Gasteiger partial charge in [0.1, 0.15) is 5.82 Å². The van der Waals surface area contributed by atoms with Crippen molar-refractivity contribution in [2.24, 2.45) is 0 Å². The second-order valence-corrected chi connectivity index (χ2v) is 4.36. The van der Waals surface area contributed by atoms with Crippen LogP contribution in [0.25, 0.3) is 0 Å². The molecule has 0 fully saturated rings. The van der Waals surface area contributed by atoms with E-state index in [0.29, 0.717) is 14.9 Å². The van der Waals surface area contributed by atoms with Crippen LogP contribution in [0.15, 0.2) is 21.5 Å². The fourth-order valence-corrected chi connectivity index (χ4v) is 2.46. The number of rotatable bonds is 2. The summed E-state index contributed by atoms with van der Waals surface area (Å²) in [4.78, 5) is 0.574. The van der Waals surface area contributed by atoms with Gasteiger partial charge in [0.05, 0.1) is 11.0 Å². The predicted molar refractivity (Wildman–Crippen MR) is 56.5 cm³/mol. The van der Waals surface area contributed by atoms with E-state index in [9.17, 15) is 9.50 Å². The second-order valence-electron chi connectivity index (χ2n) is 2.69. The van der Waals surface area contributed by atoms with Crippen molar-refractivity contribution in [2.75, 3.05) is 6.26 Å². The molecule has 1 atom stereocenters. The van der Waals surface area contributed by atoms with Crippen LogP contribution in [0.2, 0.25) is 0 Å². The maximum atomic E-state index is 13.3. The molecule has 1 N–H and O–H groups in total. The Balaban J connectivity index is 3.20. The number of hydrogen-bond acceptors (Lipinski definition) is 2. The third kappa shape index (κ3) is 2.45. The van der Waals surface area contributed by atoms with Crippen LogP contribution in [-0.2, 0) is 0 Å². The summed E-state index contributed by atoms with van der Waals surface area (Å²) in [6, 6.07) is 3.10. The van der Waals surface area contributed by atoms with Crippen LogP contribution in [-0.4, -0.2) is 11.4 Å². The molecule has 0 aliphatic carbocycles. The van der Waals surface area contributed by atoms with Gasteiger partial charge in [-0.1, -0.05) is 0 Å². The number of thioether (sulfide) groups is 1. The summed E-state index contributed by atoms with van der Waals surface area (Å²) in [5, 5.41) is 9.24. The summed E-state index contributed by atoms with van der Waals surface area (Å²) in [6.45, 7) is 1.61. The lowest BCUT2D eigenvalue weighted by atomic mass is 10.1. The Bertz CT molecular complexity index is 291. The van der Waals surface area contributed by atoms with Crippen molar-refractivity contribution in [2.45, 2.75) is 17.9 Å². The lowest BCUT2D eigenvalue weighted by molar-refractivity contribution is 0.198. The van der Waals surface area contributed by atoms with Crippen molar-refractivity contribution in [3.63, 3.8) is 0 Å². The number of aliphatic hydroxyl groups is 1. The fourth-order valence-electron chi connectivity index (χ4n) is 1.02. The Hall–Kier alpha value is -0.0600. The van der Waals surface area contributed by atoms with Gasteiger partial charge in [-0.2, -0.15) is 0 Å². The average molecular weight is 265 g/mol. The highest BCUT2D eigenvalue weighted by molar-refractivity contribution is 9.10. The zero-order chi connectivity index (χ0) is 10.0. The molecule has 72 valence electrons. The van der Waals surface area contributed by atoms with Crippen molar-refractivity contribution < 1.29 is 9.50 Å². The number of aliphatic hydroxyl groups excluding tert-OH is 1. The van der Waals surface area contributed by atoms with Gasteiger partial charge in [-0.25, -0.2) is 4.39 Å². The lowest BCUT2D eigenvalue weighted by Gasteiger charge is -2.08. The molecule has 1 rings (SSSR count). The molecule has 13 heavy (non-hydrogen) atoms. The van der Waals surface area contributed by atoms with Gasteiger partial charge in [-0.05, 0) is 46.8 Å². The first-order chi connectivity index (χ1) is 6.06. The first-order valence-electron chi connectivity index (χ1n) is 3.77. The highest BCUT2D eigenvalue weighted by Crippen LogP contribution is 2.31. The molecule has 1 unspecified atom stereocenters. The van der Waals surface area contributed by atoms with Crippen LogP contribution < -0.4 is 0 Å². The summed E-state index contributed by atoms with van der Waals surface area (Å²) < 4.78 is 14.0. The standard InChI is InChI=1S/C9H10BrFOS/c1-5(12)6-3-7(10)9(13-2)8(11)4-6/h3-5,12H,1-2H3. The summed E-state index contributed by atoms with van der Waals surface area (Å²) in [5.41, 5.74) is 0.585. The summed E-state index contributed by atoms with van der Waals surface area (Å²) in [5.74, 6) is -0.294. The van der Waals surface area contributed by atoms with E-state index in [4.69, 9.17) is 0 Å². The maximum absolute atomic E-state index is 13.3. The van der Waals surface area contributed by atoms with E-state index in [2.05, 4.69) is 15.9 Å². The van der Waals surface area contributed by atoms with E-state index in [-0.39, 0.29) is 5.82 Å². The van der Waals surface area contributed by atoms with Crippen LogP contribution in [0.1, 0.15) is 18.6 Å². The van der Waals surface area contributed by atoms with Gasteiger partial charge in [0, 0.05) is 4.47 Å². The number of benzene rings is 1. The third-order valence-corrected chi connectivity index (χ3v) is 3.42. The normalized spacial score (nSPS) is 13.0. The fraction of sp³-hybridized carbons (Fsp3) is 0.333. The maximum Gasteiger partial charge on any atom is 0.138 e. The van der Waals surface area contributed by atoms with E-state index >= 15 is 0 Å². The van der Waals surface area contributed by atoms with Crippen LogP contribution in [0.3, 0.4) is 0 Å². The minimum atomic E-state index is -0.637. The molecular weight excluding hydrogens is 255 g/mol. The van der Waals surface area contributed by atoms with E-state index < -0.39 is 6.10 Å². The quantitative estimate of drug-likeness (QED) is 0.827. The van der Waals surface area contributed by atoms with Crippen LogP contribution in [0.4, 0.5) is 4.39 Å². The van der Waals surface area contributed by atoms with E-state index in [1.807, 2.05) is 6.26 Å². The van der Waals surface area contributed by atoms with Gasteiger partial charge in [-0.15, -0.1) is 11.8 Å². The largest absolute Gasteiger partial charge is 0.389 e. The number of hydrogen-bond donors (Lipinski definition) is 1. The van der Waals surface area contributed by atoms with Gasteiger partial charge >= 0.3 is 0 Å². The molecule has 0 bridgehead atoms. The smallest absolute Gasteiger partial charge is 0.138 e. The summed E-state index contributed by atoms with van der Waals surface area (Å²) in [6.07, 6.45) is 1.17. The Morgan fingerprint density at radius 2 is 2.15 bits per heavy atom. The van der Waals surface area contributed by atoms with Gasteiger partial charge in [0.2, 0.25) is 0 Å². The zero-order valence-electron chi connectivity index (χ0n) is 7.34. The first-order valence-corrected chi connectivity index (χ1v) is 5.79. The van der Waals surface area contributed by atoms with E-state index in [1.165, 1.54) is 17.8 Å². The molecule has 0 saturated heterocycles. The lowest BCUT2D eigenvalue weighted by Crippen LogP contribution is -1.94. The number of halogens is 2. The molecule has 0 heterocycles. The predicted octanol–water partition coefficient (Wildman–Crippen LogP) is 3.36. The topological polar surface area (TPSA) is 20.2 Å². The highest BCUT2D eigenvalue weighted by Gasteiger charge is 2.10. The van der Waals surface area contributed by atoms with Crippen LogP contribution in [0.5, 0.6) is 0 Å². The van der Waals surface area contributed by atoms with Crippen molar-refractivity contribution in [1.82, 2.24) is 0 Å². The van der Waals surface area contributed by atoms with Crippen LogP contribution in [0, 0.1) is 5.82 Å². The van der Waals surface area contributed by atoms with Gasteiger partial charge in [-0.3, -0.25) is 0 Å². The highest BCUT2D eigenvalue weighted by atomic mass is 79.9. The van der Waals surface area contributed by atoms with E-state index in [1.54, 1.807) is 13.0 Å². The minimum Gasteiger partial charge on any atom is -0.389 e. The van der Waals surface area contributed by atoms with Crippen molar-refractivity contribution in [3.05, 3.63) is 28.0 Å². The molecule has 0 aliphatic rings. The zero-order valence-corrected chi connectivity index (χ0v) is 9.75. The Morgan fingerprint density at radius 3 is 2.54 bits per heavy atom. The Labute approximate surface area is 89.5 Å². The molecule has 0 amide bonds. The Morgan fingerprint density at radius 1 is 1.54 bits per heavy atom. The first kappa shape index (κ1) is 11.0. The SMILES string of the molecule is CSc1c(F)cc(C(C)O)cc1Br. The summed E-state index contributed by atoms with van der Waals surface area (Å²) in [7, 11) is 0. The van der Waals surface area contributed by atoms with Crippen molar-refractivity contribution in [3.8, 4) is 0 Å². The summed E-state index contributed by atoms with van der Waals surface area (Å²) >= 11 is 4.59. The molecule has 0 radical (unpaired) electrons. The molecule has 1 nitrogen and oxygen atoms in total. The molecule has 0 aliphatic heterocycles. The second kappa shape index (κ2) is 4.44. The monoisotopic (exact) mass is 264 g/mol. The molecule has 1 aromatic rings. The molecule has 1 aromatic carbocycles. The minimum absolute atomic E-state index is 0.294. The van der Waals surface area contributed by atoms with Gasteiger partial charge in [0.25, 0.3) is 0 Å². The molecule has 0 aromatic heterocycles. The molecular formula is C9H10BrFOS. The Kier molecular flexibility index (Phi) is 3.76. The van der Waals surface area contributed by atoms with Crippen molar-refractivity contribution >= 4 is 27.7 Å². The van der Waals surface area contributed by atoms with Gasteiger partial charge < -0.3 is 5.11 Å². The molecule has 0 spiro atoms. The van der Waals surface area contributed by atoms with Gasteiger partial charge in [0.15, 0.2) is 0 Å². The average Bonchev–Trinajstić information content (AvgIpc) is 2.03. The molecule has 0 saturated carbocycles. The third-order valence-electron chi connectivity index (χ3n) is 1.71. The van der Waals surface area contributed by atoms with Crippen molar-refractivity contribution in [1.29, 1.82) is 0 Å². The van der Waals surface area contributed by atoms with E-state index in [0.717, 1.165) is 0 Å². The van der Waals surface area contributed by atoms with Crippen LogP contribution >= 0.6 is 27.7 Å².